The van der Waals surface area contributed by atoms with Gasteiger partial charge in [0.2, 0.25) is 5.91 Å². The van der Waals surface area contributed by atoms with E-state index in [1.807, 2.05) is 19.1 Å². The zero-order chi connectivity index (χ0) is 12.1. The third kappa shape index (κ3) is 4.73. The molecule has 0 heterocycles. The Morgan fingerprint density at radius 1 is 1.41 bits per heavy atom. The van der Waals surface area contributed by atoms with Crippen molar-refractivity contribution in [3.8, 4) is 0 Å². The van der Waals surface area contributed by atoms with Gasteiger partial charge in [-0.1, -0.05) is 19.1 Å². The molecule has 1 amide bonds. The highest BCUT2D eigenvalue weighted by molar-refractivity contribution is 5.88. The molecule has 0 fully saturated rings. The van der Waals surface area contributed by atoms with Crippen molar-refractivity contribution in [1.29, 1.82) is 0 Å². The number of hydrogen-bond donors (Lipinski definition) is 3. The minimum atomic E-state index is -0.536. The van der Waals surface area contributed by atoms with Crippen molar-refractivity contribution < 1.29 is 9.90 Å². The molecule has 17 heavy (non-hydrogen) atoms. The van der Waals surface area contributed by atoms with Crippen LogP contribution in [0.15, 0.2) is 24.3 Å². The number of rotatable bonds is 4. The first kappa shape index (κ1) is 15.9. The molecule has 0 spiro atoms. The Labute approximate surface area is 108 Å². The van der Waals surface area contributed by atoms with Gasteiger partial charge in [0.15, 0.2) is 0 Å². The lowest BCUT2D eigenvalue weighted by molar-refractivity contribution is -0.114. The normalized spacial score (nSPS) is 13.4. The van der Waals surface area contributed by atoms with Gasteiger partial charge < -0.3 is 16.2 Å². The van der Waals surface area contributed by atoms with Gasteiger partial charge in [-0.3, -0.25) is 4.79 Å². The van der Waals surface area contributed by atoms with E-state index in [0.29, 0.717) is 6.42 Å². The number of anilines is 1. The van der Waals surface area contributed by atoms with Gasteiger partial charge >= 0.3 is 0 Å². The smallest absolute Gasteiger partial charge is 0.221 e. The lowest BCUT2D eigenvalue weighted by atomic mass is 10.0. The minimum Gasteiger partial charge on any atom is -0.391 e. The van der Waals surface area contributed by atoms with Crippen LogP contribution in [-0.2, 0) is 4.79 Å². The first-order chi connectivity index (χ1) is 7.54. The number of halogens is 1. The average molecular weight is 259 g/mol. The summed E-state index contributed by atoms with van der Waals surface area (Å²) in [4.78, 5) is 10.8. The summed E-state index contributed by atoms with van der Waals surface area (Å²) in [6.07, 6.45) is 0.0841. The number of benzene rings is 1. The number of nitrogens with two attached hydrogens (primary N) is 1. The second-order valence-corrected chi connectivity index (χ2v) is 3.80. The zero-order valence-electron chi connectivity index (χ0n) is 10.0. The van der Waals surface area contributed by atoms with Crippen LogP contribution in [0.4, 0.5) is 5.69 Å². The van der Waals surface area contributed by atoms with E-state index in [2.05, 4.69) is 5.32 Å². The SMILES string of the molecule is CC[C@H](O)[C@H](N)c1ccc(NC(C)=O)cc1.Cl. The molecule has 0 radical (unpaired) electrons. The summed E-state index contributed by atoms with van der Waals surface area (Å²) in [6, 6.07) is 6.80. The number of nitrogens with one attached hydrogen (secondary N) is 1. The van der Waals surface area contributed by atoms with Gasteiger partial charge in [-0.05, 0) is 24.1 Å². The highest BCUT2D eigenvalue weighted by Gasteiger charge is 2.14. The highest BCUT2D eigenvalue weighted by atomic mass is 35.5. The number of hydrogen-bond acceptors (Lipinski definition) is 3. The van der Waals surface area contributed by atoms with Gasteiger partial charge in [-0.15, -0.1) is 12.4 Å². The number of aliphatic hydroxyl groups is 1. The van der Waals surface area contributed by atoms with Gasteiger partial charge in [0, 0.05) is 12.6 Å². The van der Waals surface area contributed by atoms with Crippen molar-refractivity contribution in [3.63, 3.8) is 0 Å². The van der Waals surface area contributed by atoms with Gasteiger partial charge in [0.05, 0.1) is 12.1 Å². The van der Waals surface area contributed by atoms with E-state index in [1.54, 1.807) is 12.1 Å². The Kier molecular flexibility index (Phi) is 6.80. The molecule has 0 bridgehead atoms. The molecular formula is C12H19ClN2O2. The molecule has 96 valence electrons. The van der Waals surface area contributed by atoms with Crippen molar-refractivity contribution in [2.75, 3.05) is 5.32 Å². The van der Waals surface area contributed by atoms with Crippen LogP contribution < -0.4 is 11.1 Å². The molecule has 0 aromatic heterocycles. The second-order valence-electron chi connectivity index (χ2n) is 3.80. The molecule has 0 unspecified atom stereocenters. The summed E-state index contributed by atoms with van der Waals surface area (Å²) in [5.74, 6) is -0.106. The average Bonchev–Trinajstić information content (AvgIpc) is 2.27. The molecule has 1 aromatic rings. The fourth-order valence-corrected chi connectivity index (χ4v) is 1.47. The molecule has 0 saturated heterocycles. The maximum absolute atomic E-state index is 10.8. The van der Waals surface area contributed by atoms with Crippen LogP contribution >= 0.6 is 12.4 Å². The summed E-state index contributed by atoms with van der Waals surface area (Å²) in [7, 11) is 0. The Hall–Kier alpha value is -1.10. The number of carbonyl (C=O) groups excluding carboxylic acids is 1. The third-order valence-electron chi connectivity index (χ3n) is 2.45. The minimum absolute atomic E-state index is 0. The van der Waals surface area contributed by atoms with Crippen molar-refractivity contribution in [1.82, 2.24) is 0 Å². The molecule has 4 N–H and O–H groups in total. The predicted molar refractivity (Wildman–Crippen MR) is 71.2 cm³/mol. The fourth-order valence-electron chi connectivity index (χ4n) is 1.47. The van der Waals surface area contributed by atoms with Gasteiger partial charge in [0.25, 0.3) is 0 Å². The summed E-state index contributed by atoms with van der Waals surface area (Å²) in [6.45, 7) is 3.34. The first-order valence-electron chi connectivity index (χ1n) is 5.35. The van der Waals surface area contributed by atoms with Gasteiger partial charge in [0.1, 0.15) is 0 Å². The first-order valence-corrected chi connectivity index (χ1v) is 5.35. The van der Waals surface area contributed by atoms with E-state index in [9.17, 15) is 9.90 Å². The zero-order valence-corrected chi connectivity index (χ0v) is 10.8. The molecule has 0 saturated carbocycles. The van der Waals surface area contributed by atoms with E-state index in [-0.39, 0.29) is 24.4 Å². The molecule has 1 rings (SSSR count). The lowest BCUT2D eigenvalue weighted by Crippen LogP contribution is -2.25. The summed E-state index contributed by atoms with van der Waals surface area (Å²) >= 11 is 0. The number of carbonyl (C=O) groups is 1. The van der Waals surface area contributed by atoms with Gasteiger partial charge in [-0.2, -0.15) is 0 Å². The maximum Gasteiger partial charge on any atom is 0.221 e. The van der Waals surface area contributed by atoms with Crippen molar-refractivity contribution >= 4 is 24.0 Å². The summed E-state index contributed by atoms with van der Waals surface area (Å²) < 4.78 is 0. The van der Waals surface area contributed by atoms with Crippen molar-refractivity contribution in [2.24, 2.45) is 5.73 Å². The predicted octanol–water partition coefficient (Wildman–Crippen LogP) is 1.84. The fraction of sp³-hybridized carbons (Fsp3) is 0.417. The quantitative estimate of drug-likeness (QED) is 0.771. The molecule has 0 aliphatic carbocycles. The van der Waals surface area contributed by atoms with E-state index in [4.69, 9.17) is 5.73 Å². The Balaban J connectivity index is 0.00000256. The maximum atomic E-state index is 10.8. The summed E-state index contributed by atoms with van der Waals surface area (Å²) in [5, 5.41) is 12.3. The topological polar surface area (TPSA) is 75.3 Å². The third-order valence-corrected chi connectivity index (χ3v) is 2.45. The van der Waals surface area contributed by atoms with Crippen molar-refractivity contribution in [2.45, 2.75) is 32.4 Å². The molecule has 2 atom stereocenters. The molecule has 0 aliphatic heterocycles. The monoisotopic (exact) mass is 258 g/mol. The molecule has 4 nitrogen and oxygen atoms in total. The van der Waals surface area contributed by atoms with Crippen LogP contribution in [0.1, 0.15) is 31.9 Å². The van der Waals surface area contributed by atoms with Crippen LogP contribution in [-0.4, -0.2) is 17.1 Å². The Bertz CT molecular complexity index is 354. The second kappa shape index (κ2) is 7.27. The molecular weight excluding hydrogens is 240 g/mol. The standard InChI is InChI=1S/C12H18N2O2.ClH/c1-3-11(16)12(13)9-4-6-10(7-5-9)14-8(2)15;/h4-7,11-12,16H,3,13H2,1-2H3,(H,14,15);1H/t11-,12+;/m0./s1. The Morgan fingerprint density at radius 2 is 1.94 bits per heavy atom. The van der Waals surface area contributed by atoms with Crippen LogP contribution in [0.3, 0.4) is 0 Å². The Morgan fingerprint density at radius 3 is 2.35 bits per heavy atom. The van der Waals surface area contributed by atoms with Gasteiger partial charge in [-0.25, -0.2) is 0 Å². The van der Waals surface area contributed by atoms with Crippen LogP contribution in [0.2, 0.25) is 0 Å². The largest absolute Gasteiger partial charge is 0.391 e. The van der Waals surface area contributed by atoms with E-state index < -0.39 is 6.10 Å². The van der Waals surface area contributed by atoms with Crippen LogP contribution in [0.5, 0.6) is 0 Å². The van der Waals surface area contributed by atoms with Crippen molar-refractivity contribution in [3.05, 3.63) is 29.8 Å². The van der Waals surface area contributed by atoms with E-state index in [0.717, 1.165) is 11.3 Å². The molecule has 0 aliphatic rings. The van der Waals surface area contributed by atoms with Crippen LogP contribution in [0.25, 0.3) is 0 Å². The number of aliphatic hydroxyl groups excluding tert-OH is 1. The molecule has 5 heteroatoms. The molecule has 1 aromatic carbocycles. The lowest BCUT2D eigenvalue weighted by Gasteiger charge is -2.17. The van der Waals surface area contributed by atoms with E-state index >= 15 is 0 Å². The summed E-state index contributed by atoms with van der Waals surface area (Å²) in [5.41, 5.74) is 7.46. The van der Waals surface area contributed by atoms with Crippen LogP contribution in [0, 0.1) is 0 Å². The number of amides is 1. The van der Waals surface area contributed by atoms with E-state index in [1.165, 1.54) is 6.92 Å². The highest BCUT2D eigenvalue weighted by Crippen LogP contribution is 2.18.